The number of hydrogen-bond acceptors (Lipinski definition) is 4. The lowest BCUT2D eigenvalue weighted by Crippen LogP contribution is -2.24. The molecule has 1 aliphatic heterocycles. The minimum atomic E-state index is -0.940. The van der Waals surface area contributed by atoms with Crippen molar-refractivity contribution in [1.82, 2.24) is 9.78 Å². The Morgan fingerprint density at radius 2 is 2.38 bits per heavy atom. The third-order valence-electron chi connectivity index (χ3n) is 3.54. The minimum absolute atomic E-state index is 0.403. The zero-order chi connectivity index (χ0) is 14.8. The molecule has 1 aliphatic rings. The molecule has 0 spiro atoms. The lowest BCUT2D eigenvalue weighted by atomic mass is 10.1. The van der Waals surface area contributed by atoms with Gasteiger partial charge in [0.1, 0.15) is 11.5 Å². The van der Waals surface area contributed by atoms with E-state index in [-0.39, 0.29) is 0 Å². The molecule has 2 aromatic rings. The SMILES string of the molecule is Cn1nccc1CCOc1ccc2c(c1)OC(C(=O)O)C2. The monoisotopic (exact) mass is 288 g/mol. The van der Waals surface area contributed by atoms with Gasteiger partial charge in [-0.15, -0.1) is 0 Å². The fourth-order valence-electron chi connectivity index (χ4n) is 2.36. The number of benzene rings is 1. The summed E-state index contributed by atoms with van der Waals surface area (Å²) in [6.07, 6.45) is 2.13. The Hall–Kier alpha value is -2.50. The quantitative estimate of drug-likeness (QED) is 0.901. The highest BCUT2D eigenvalue weighted by Crippen LogP contribution is 2.32. The molecule has 0 saturated carbocycles. The summed E-state index contributed by atoms with van der Waals surface area (Å²) in [5.74, 6) is 0.340. The van der Waals surface area contributed by atoms with Crippen LogP contribution in [-0.4, -0.2) is 33.6 Å². The van der Waals surface area contributed by atoms with Crippen LogP contribution >= 0.6 is 0 Å². The molecule has 0 amide bonds. The van der Waals surface area contributed by atoms with Gasteiger partial charge in [-0.2, -0.15) is 5.10 Å². The topological polar surface area (TPSA) is 73.6 Å². The molecule has 1 aromatic heterocycles. The van der Waals surface area contributed by atoms with E-state index in [9.17, 15) is 4.79 Å². The number of carbonyl (C=O) groups is 1. The summed E-state index contributed by atoms with van der Waals surface area (Å²) in [7, 11) is 1.89. The van der Waals surface area contributed by atoms with E-state index in [1.165, 1.54) is 0 Å². The molecule has 110 valence electrons. The summed E-state index contributed by atoms with van der Waals surface area (Å²) in [5, 5.41) is 13.1. The maximum atomic E-state index is 10.9. The second kappa shape index (κ2) is 5.47. The average molecular weight is 288 g/mol. The molecule has 0 aliphatic carbocycles. The van der Waals surface area contributed by atoms with Crippen LogP contribution in [0.1, 0.15) is 11.3 Å². The smallest absolute Gasteiger partial charge is 0.345 e. The lowest BCUT2D eigenvalue weighted by molar-refractivity contribution is -0.144. The summed E-state index contributed by atoms with van der Waals surface area (Å²) in [5.41, 5.74) is 2.00. The van der Waals surface area contributed by atoms with Gasteiger partial charge in [0, 0.05) is 37.8 Å². The van der Waals surface area contributed by atoms with Gasteiger partial charge >= 0.3 is 5.97 Å². The van der Waals surface area contributed by atoms with E-state index in [1.54, 1.807) is 12.3 Å². The maximum absolute atomic E-state index is 10.9. The minimum Gasteiger partial charge on any atom is -0.493 e. The van der Waals surface area contributed by atoms with E-state index in [4.69, 9.17) is 14.6 Å². The van der Waals surface area contributed by atoms with Gasteiger partial charge in [0.2, 0.25) is 0 Å². The highest BCUT2D eigenvalue weighted by Gasteiger charge is 2.28. The van der Waals surface area contributed by atoms with Crippen molar-refractivity contribution >= 4 is 5.97 Å². The molecular formula is C15H16N2O4. The van der Waals surface area contributed by atoms with Gasteiger partial charge < -0.3 is 14.6 Å². The van der Waals surface area contributed by atoms with Crippen LogP contribution in [0.5, 0.6) is 11.5 Å². The second-order valence-electron chi connectivity index (χ2n) is 4.96. The number of carboxylic acid groups (broad SMARTS) is 1. The number of aliphatic carboxylic acids is 1. The highest BCUT2D eigenvalue weighted by atomic mass is 16.5. The standard InChI is InChI=1S/C15H16N2O4/c1-17-11(4-6-16-17)5-7-20-12-3-2-10-8-14(15(18)19)21-13(10)9-12/h2-4,6,9,14H,5,7-8H2,1H3,(H,18,19). The first-order chi connectivity index (χ1) is 10.1. The molecule has 0 radical (unpaired) electrons. The molecule has 0 fully saturated rings. The van der Waals surface area contributed by atoms with E-state index in [1.807, 2.05) is 29.9 Å². The second-order valence-corrected chi connectivity index (χ2v) is 4.96. The Labute approximate surface area is 121 Å². The number of hydrogen-bond donors (Lipinski definition) is 1. The largest absolute Gasteiger partial charge is 0.493 e. The van der Waals surface area contributed by atoms with Crippen LogP contribution in [0.4, 0.5) is 0 Å². The number of rotatable bonds is 5. The first-order valence-corrected chi connectivity index (χ1v) is 6.75. The number of nitrogens with zero attached hydrogens (tertiary/aromatic N) is 2. The normalized spacial score (nSPS) is 16.3. The Morgan fingerprint density at radius 1 is 1.52 bits per heavy atom. The van der Waals surface area contributed by atoms with Crippen molar-refractivity contribution in [3.63, 3.8) is 0 Å². The third-order valence-corrected chi connectivity index (χ3v) is 3.54. The number of ether oxygens (including phenoxy) is 2. The zero-order valence-electron chi connectivity index (χ0n) is 11.7. The summed E-state index contributed by atoms with van der Waals surface area (Å²) < 4.78 is 12.9. The van der Waals surface area contributed by atoms with Gasteiger partial charge in [-0.1, -0.05) is 6.07 Å². The Bertz CT molecular complexity index is 665. The van der Waals surface area contributed by atoms with Crippen molar-refractivity contribution in [3.8, 4) is 11.5 Å². The number of aryl methyl sites for hydroxylation is 1. The van der Waals surface area contributed by atoms with Crippen molar-refractivity contribution in [3.05, 3.63) is 41.7 Å². The van der Waals surface area contributed by atoms with E-state index in [0.717, 1.165) is 17.7 Å². The van der Waals surface area contributed by atoms with Crippen molar-refractivity contribution in [2.45, 2.75) is 18.9 Å². The van der Waals surface area contributed by atoms with Gasteiger partial charge in [0.25, 0.3) is 0 Å². The summed E-state index contributed by atoms with van der Waals surface area (Å²) in [4.78, 5) is 10.9. The van der Waals surface area contributed by atoms with Crippen LogP contribution in [0.15, 0.2) is 30.5 Å². The fourth-order valence-corrected chi connectivity index (χ4v) is 2.36. The zero-order valence-corrected chi connectivity index (χ0v) is 11.7. The fraction of sp³-hybridized carbons (Fsp3) is 0.333. The van der Waals surface area contributed by atoms with Crippen LogP contribution in [0.3, 0.4) is 0 Å². The van der Waals surface area contributed by atoms with Crippen molar-refractivity contribution in [2.24, 2.45) is 7.05 Å². The Morgan fingerprint density at radius 3 is 3.10 bits per heavy atom. The molecule has 6 heteroatoms. The van der Waals surface area contributed by atoms with Crippen LogP contribution < -0.4 is 9.47 Å². The van der Waals surface area contributed by atoms with Crippen LogP contribution in [0.25, 0.3) is 0 Å². The number of aromatic nitrogens is 2. The predicted molar refractivity (Wildman–Crippen MR) is 74.6 cm³/mol. The molecular weight excluding hydrogens is 272 g/mol. The first-order valence-electron chi connectivity index (χ1n) is 6.75. The predicted octanol–water partition coefficient (Wildman–Crippen LogP) is 1.43. The van der Waals surface area contributed by atoms with Crippen molar-refractivity contribution in [1.29, 1.82) is 0 Å². The van der Waals surface area contributed by atoms with E-state index in [2.05, 4.69) is 5.10 Å². The van der Waals surface area contributed by atoms with Crippen LogP contribution in [-0.2, 0) is 24.7 Å². The summed E-state index contributed by atoms with van der Waals surface area (Å²) in [6, 6.07) is 7.40. The molecule has 2 heterocycles. The molecule has 6 nitrogen and oxygen atoms in total. The van der Waals surface area contributed by atoms with Gasteiger partial charge in [0.05, 0.1) is 6.61 Å². The molecule has 1 atom stereocenters. The molecule has 0 bridgehead atoms. The number of fused-ring (bicyclic) bond motifs is 1. The van der Waals surface area contributed by atoms with E-state index < -0.39 is 12.1 Å². The summed E-state index contributed by atoms with van der Waals surface area (Å²) >= 11 is 0. The molecule has 1 N–H and O–H groups in total. The Kier molecular flexibility index (Phi) is 3.51. The van der Waals surface area contributed by atoms with Gasteiger partial charge in [-0.25, -0.2) is 4.79 Å². The molecule has 1 aromatic carbocycles. The van der Waals surface area contributed by atoms with Crippen molar-refractivity contribution in [2.75, 3.05) is 6.61 Å². The molecule has 1 unspecified atom stereocenters. The molecule has 21 heavy (non-hydrogen) atoms. The maximum Gasteiger partial charge on any atom is 0.345 e. The Balaban J connectivity index is 1.60. The van der Waals surface area contributed by atoms with Crippen LogP contribution in [0, 0.1) is 0 Å². The molecule has 0 saturated heterocycles. The first kappa shape index (κ1) is 13.5. The van der Waals surface area contributed by atoms with E-state index >= 15 is 0 Å². The number of carboxylic acids is 1. The molecule has 3 rings (SSSR count). The van der Waals surface area contributed by atoms with Gasteiger partial charge in [-0.05, 0) is 17.7 Å². The van der Waals surface area contributed by atoms with Crippen LogP contribution in [0.2, 0.25) is 0 Å². The third kappa shape index (κ3) is 2.84. The van der Waals surface area contributed by atoms with Crippen molar-refractivity contribution < 1.29 is 19.4 Å². The van der Waals surface area contributed by atoms with Gasteiger partial charge in [0.15, 0.2) is 6.10 Å². The van der Waals surface area contributed by atoms with E-state index in [0.29, 0.717) is 24.5 Å². The van der Waals surface area contributed by atoms with Gasteiger partial charge in [-0.3, -0.25) is 4.68 Å². The summed E-state index contributed by atoms with van der Waals surface area (Å²) in [6.45, 7) is 0.528. The average Bonchev–Trinajstić information content (AvgIpc) is 3.05. The lowest BCUT2D eigenvalue weighted by Gasteiger charge is -2.08. The highest BCUT2D eigenvalue weighted by molar-refractivity contribution is 5.74.